The molecule has 0 fully saturated rings. The van der Waals surface area contributed by atoms with Gasteiger partial charge in [0.15, 0.2) is 5.43 Å². The second-order valence-corrected chi connectivity index (χ2v) is 7.79. The van der Waals surface area contributed by atoms with Crippen LogP contribution in [-0.2, 0) is 26.3 Å². The zero-order valence-corrected chi connectivity index (χ0v) is 18.4. The van der Waals surface area contributed by atoms with Crippen molar-refractivity contribution in [3.63, 3.8) is 0 Å². The Kier molecular flexibility index (Phi) is 7.03. The monoisotopic (exact) mass is 466 g/mol. The number of nitrogens with zero attached hydrogens (tertiary/aromatic N) is 1. The Morgan fingerprint density at radius 1 is 1.12 bits per heavy atom. The Bertz CT molecular complexity index is 859. The minimum atomic E-state index is -0.306. The first-order valence-corrected chi connectivity index (χ1v) is 10.2. The molecule has 0 saturated carbocycles. The summed E-state index contributed by atoms with van der Waals surface area (Å²) in [6.45, 7) is 8.10. The first-order chi connectivity index (χ1) is 12.3. The van der Waals surface area contributed by atoms with Crippen LogP contribution in [0.15, 0.2) is 23.0 Å². The van der Waals surface area contributed by atoms with Crippen molar-refractivity contribution in [3.8, 4) is 0 Å². The third kappa shape index (κ3) is 4.19. The van der Waals surface area contributed by atoms with Gasteiger partial charge < -0.3 is 9.88 Å². The van der Waals surface area contributed by atoms with Crippen LogP contribution in [0.5, 0.6) is 0 Å². The molecule has 0 bridgehead atoms. The van der Waals surface area contributed by atoms with E-state index in [1.807, 2.05) is 18.5 Å². The van der Waals surface area contributed by atoms with Gasteiger partial charge in [0.1, 0.15) is 5.56 Å². The second kappa shape index (κ2) is 8.84. The third-order valence-electron chi connectivity index (χ3n) is 4.79. The van der Waals surface area contributed by atoms with Gasteiger partial charge in [0.25, 0.3) is 5.91 Å². The molecule has 1 aromatic heterocycles. The molecule has 0 aliphatic carbocycles. The molecule has 1 N–H and O–H groups in total. The van der Waals surface area contributed by atoms with Crippen molar-refractivity contribution < 1.29 is 4.79 Å². The number of anilines is 1. The zero-order chi connectivity index (χ0) is 19.4. The van der Waals surface area contributed by atoms with Gasteiger partial charge in [0.2, 0.25) is 0 Å². The molecular formula is C21H27IN2O2. The largest absolute Gasteiger partial charge is 0.351 e. The summed E-state index contributed by atoms with van der Waals surface area (Å²) in [6.07, 6.45) is 3.23. The lowest BCUT2D eigenvalue weighted by Crippen LogP contribution is -2.28. The number of carbonyl (C=O) groups excluding carboxylic acids is 1. The van der Waals surface area contributed by atoms with Crippen LogP contribution in [0.1, 0.15) is 60.1 Å². The van der Waals surface area contributed by atoms with Crippen molar-refractivity contribution in [1.82, 2.24) is 4.57 Å². The van der Waals surface area contributed by atoms with Crippen LogP contribution in [0.4, 0.5) is 5.69 Å². The van der Waals surface area contributed by atoms with Crippen molar-refractivity contribution in [1.29, 1.82) is 0 Å². The van der Waals surface area contributed by atoms with E-state index in [0.717, 1.165) is 51.0 Å². The molecule has 0 unspecified atom stereocenters. The van der Waals surface area contributed by atoms with Gasteiger partial charge >= 0.3 is 0 Å². The highest BCUT2D eigenvalue weighted by atomic mass is 127. The molecule has 0 aliphatic rings. The Morgan fingerprint density at radius 3 is 2.19 bits per heavy atom. The van der Waals surface area contributed by atoms with Gasteiger partial charge in [-0.25, -0.2) is 0 Å². The number of nitrogens with one attached hydrogen (secondary N) is 1. The van der Waals surface area contributed by atoms with Gasteiger partial charge in [-0.1, -0.05) is 27.2 Å². The maximum absolute atomic E-state index is 13.1. The minimum Gasteiger partial charge on any atom is -0.351 e. The average Bonchev–Trinajstić information content (AvgIpc) is 2.60. The number of aromatic nitrogens is 1. The summed E-state index contributed by atoms with van der Waals surface area (Å²) in [7, 11) is 1.91. The maximum atomic E-state index is 13.1. The maximum Gasteiger partial charge on any atom is 0.261 e. The fraction of sp³-hybridized carbons (Fsp3) is 0.429. The molecule has 1 amide bonds. The number of carbonyl (C=O) groups is 1. The summed E-state index contributed by atoms with van der Waals surface area (Å²) in [4.78, 5) is 25.7. The van der Waals surface area contributed by atoms with Crippen molar-refractivity contribution in [2.75, 3.05) is 5.32 Å². The first-order valence-electron chi connectivity index (χ1n) is 9.16. The first kappa shape index (κ1) is 20.7. The average molecular weight is 466 g/mol. The summed E-state index contributed by atoms with van der Waals surface area (Å²) < 4.78 is 3.11. The van der Waals surface area contributed by atoms with Gasteiger partial charge in [-0.15, -0.1) is 0 Å². The van der Waals surface area contributed by atoms with E-state index in [0.29, 0.717) is 6.42 Å². The Balaban J connectivity index is 2.56. The quantitative estimate of drug-likeness (QED) is 0.632. The Hall–Kier alpha value is -1.63. The van der Waals surface area contributed by atoms with E-state index in [-0.39, 0.29) is 16.9 Å². The molecular weight excluding hydrogens is 439 g/mol. The van der Waals surface area contributed by atoms with Gasteiger partial charge in [-0.3, -0.25) is 9.59 Å². The smallest absolute Gasteiger partial charge is 0.261 e. The Labute approximate surface area is 169 Å². The summed E-state index contributed by atoms with van der Waals surface area (Å²) >= 11 is 2.30. The van der Waals surface area contributed by atoms with Gasteiger partial charge in [0, 0.05) is 33.8 Å². The van der Waals surface area contributed by atoms with Gasteiger partial charge in [-0.2, -0.15) is 0 Å². The highest BCUT2D eigenvalue weighted by molar-refractivity contribution is 14.1. The SMILES string of the molecule is CCCc1c(C(=O)Nc2c(CC)cc(I)cc2CC)c(=O)cc(C)n1C. The molecule has 4 nitrogen and oxygen atoms in total. The van der Waals surface area contributed by atoms with Crippen molar-refractivity contribution in [2.45, 2.75) is 53.4 Å². The fourth-order valence-electron chi connectivity index (χ4n) is 3.27. The van der Waals surface area contributed by atoms with E-state index < -0.39 is 0 Å². The van der Waals surface area contributed by atoms with Crippen molar-refractivity contribution in [2.24, 2.45) is 7.05 Å². The van der Waals surface area contributed by atoms with Crippen LogP contribution in [0.3, 0.4) is 0 Å². The topological polar surface area (TPSA) is 51.1 Å². The lowest BCUT2D eigenvalue weighted by Gasteiger charge is -2.18. The molecule has 140 valence electrons. The number of rotatable bonds is 6. The molecule has 0 spiro atoms. The summed E-state index contributed by atoms with van der Waals surface area (Å²) in [6, 6.07) is 5.73. The number of hydrogen-bond donors (Lipinski definition) is 1. The molecule has 0 aliphatic heterocycles. The molecule has 0 radical (unpaired) electrons. The van der Waals surface area contributed by atoms with E-state index in [9.17, 15) is 9.59 Å². The van der Waals surface area contributed by atoms with E-state index in [2.05, 4.69) is 60.8 Å². The number of halogens is 1. The van der Waals surface area contributed by atoms with Crippen LogP contribution >= 0.6 is 22.6 Å². The predicted molar refractivity (Wildman–Crippen MR) is 116 cm³/mol. The number of amides is 1. The molecule has 2 aromatic rings. The van der Waals surface area contributed by atoms with Crippen LogP contribution < -0.4 is 10.7 Å². The normalized spacial score (nSPS) is 10.8. The number of aryl methyl sites for hydroxylation is 3. The van der Waals surface area contributed by atoms with Crippen LogP contribution in [-0.4, -0.2) is 10.5 Å². The van der Waals surface area contributed by atoms with E-state index in [4.69, 9.17) is 0 Å². The highest BCUT2D eigenvalue weighted by Gasteiger charge is 2.20. The molecule has 0 saturated heterocycles. The lowest BCUT2D eigenvalue weighted by atomic mass is 10.0. The molecule has 1 heterocycles. The number of benzene rings is 1. The van der Waals surface area contributed by atoms with Crippen molar-refractivity contribution in [3.05, 3.63) is 60.1 Å². The van der Waals surface area contributed by atoms with Gasteiger partial charge in [0.05, 0.1) is 0 Å². The minimum absolute atomic E-state index is 0.205. The second-order valence-electron chi connectivity index (χ2n) is 6.54. The highest BCUT2D eigenvalue weighted by Crippen LogP contribution is 2.26. The number of hydrogen-bond acceptors (Lipinski definition) is 2. The summed E-state index contributed by atoms with van der Waals surface area (Å²) in [5.74, 6) is -0.306. The van der Waals surface area contributed by atoms with E-state index >= 15 is 0 Å². The standard InChI is InChI=1S/C21H27IN2O2/c1-6-9-17-19(18(25)10-13(4)24(17)5)21(26)23-20-14(7-2)11-16(22)12-15(20)8-3/h10-12H,6-9H2,1-5H3,(H,23,26). The van der Waals surface area contributed by atoms with E-state index in [1.165, 1.54) is 0 Å². The molecule has 5 heteroatoms. The fourth-order valence-corrected chi connectivity index (χ4v) is 4.03. The summed E-state index contributed by atoms with van der Waals surface area (Å²) in [5.41, 5.74) is 4.78. The van der Waals surface area contributed by atoms with Crippen LogP contribution in [0.25, 0.3) is 0 Å². The Morgan fingerprint density at radius 2 is 1.69 bits per heavy atom. The zero-order valence-electron chi connectivity index (χ0n) is 16.2. The van der Waals surface area contributed by atoms with Crippen LogP contribution in [0, 0.1) is 10.5 Å². The van der Waals surface area contributed by atoms with Crippen LogP contribution in [0.2, 0.25) is 0 Å². The molecule has 2 rings (SSSR count). The lowest BCUT2D eigenvalue weighted by molar-refractivity contribution is 0.102. The van der Waals surface area contributed by atoms with E-state index in [1.54, 1.807) is 6.07 Å². The number of pyridine rings is 1. The molecule has 0 atom stereocenters. The molecule has 26 heavy (non-hydrogen) atoms. The summed E-state index contributed by atoms with van der Waals surface area (Å²) in [5, 5.41) is 3.06. The molecule has 1 aromatic carbocycles. The van der Waals surface area contributed by atoms with Gasteiger partial charge in [-0.05, 0) is 72.0 Å². The third-order valence-corrected chi connectivity index (χ3v) is 5.41. The van der Waals surface area contributed by atoms with Crippen molar-refractivity contribution >= 4 is 34.2 Å². The predicted octanol–water partition coefficient (Wildman–Crippen LogP) is 4.63.